The van der Waals surface area contributed by atoms with Crippen LogP contribution in [0.3, 0.4) is 0 Å². The molecule has 5 rings (SSSR count). The standard InChI is InChI=1S/C29H34O17/c1-9-15(32)14-19(36)26(41-2)24(10-3-5-11(6-4-10)42-28-22(39)20(37)17(34)12(7-30)43-28)45-25(14)27(16(9)33)46-29-23(40)21(38)18(35)13(8-31)44-29/h3-6,12-13,17-18,20-23,28-35,37-40H,7-8H2,1-2H3/t12-,13-,17-,18-,20+,21+,22-,23-,28-,29+/m1/s1. The molecule has 2 saturated heterocycles. The van der Waals surface area contributed by atoms with E-state index in [-0.39, 0.29) is 28.4 Å². The Morgan fingerprint density at radius 1 is 0.717 bits per heavy atom. The van der Waals surface area contributed by atoms with Crippen molar-refractivity contribution in [3.63, 3.8) is 0 Å². The van der Waals surface area contributed by atoms with Crippen LogP contribution in [0, 0.1) is 6.92 Å². The van der Waals surface area contributed by atoms with Crippen LogP contribution in [0.25, 0.3) is 22.3 Å². The first-order valence-electron chi connectivity index (χ1n) is 14.0. The summed E-state index contributed by atoms with van der Waals surface area (Å²) in [5.74, 6) is -2.47. The Labute approximate surface area is 259 Å². The van der Waals surface area contributed by atoms with E-state index in [1.165, 1.54) is 38.3 Å². The molecule has 46 heavy (non-hydrogen) atoms. The van der Waals surface area contributed by atoms with Gasteiger partial charge in [-0.25, -0.2) is 0 Å². The third kappa shape index (κ3) is 5.71. The van der Waals surface area contributed by atoms with E-state index in [4.69, 9.17) is 28.1 Å². The van der Waals surface area contributed by atoms with Crippen LogP contribution in [0.1, 0.15) is 5.56 Å². The molecule has 10 N–H and O–H groups in total. The molecule has 17 nitrogen and oxygen atoms in total. The summed E-state index contributed by atoms with van der Waals surface area (Å²) in [5.41, 5.74) is -1.43. The average molecular weight is 655 g/mol. The highest BCUT2D eigenvalue weighted by molar-refractivity contribution is 5.94. The maximum atomic E-state index is 13.6. The van der Waals surface area contributed by atoms with E-state index >= 15 is 0 Å². The molecule has 17 heteroatoms. The monoisotopic (exact) mass is 654 g/mol. The Hall–Kier alpha value is -3.75. The van der Waals surface area contributed by atoms with Gasteiger partial charge in [-0.1, -0.05) is 0 Å². The van der Waals surface area contributed by atoms with E-state index in [2.05, 4.69) is 0 Å². The van der Waals surface area contributed by atoms with Gasteiger partial charge in [-0.3, -0.25) is 4.79 Å². The molecule has 0 amide bonds. The van der Waals surface area contributed by atoms with Crippen molar-refractivity contribution in [2.24, 2.45) is 0 Å². The number of ether oxygens (including phenoxy) is 5. The lowest BCUT2D eigenvalue weighted by Gasteiger charge is -2.39. The summed E-state index contributed by atoms with van der Waals surface area (Å²) in [4.78, 5) is 13.6. The number of benzene rings is 2. The first-order chi connectivity index (χ1) is 21.8. The molecule has 2 fully saturated rings. The highest BCUT2D eigenvalue weighted by Gasteiger charge is 2.46. The van der Waals surface area contributed by atoms with Gasteiger partial charge in [-0.15, -0.1) is 0 Å². The fourth-order valence-electron chi connectivity index (χ4n) is 5.22. The van der Waals surface area contributed by atoms with Crippen LogP contribution >= 0.6 is 0 Å². The van der Waals surface area contributed by atoms with Gasteiger partial charge in [0.25, 0.3) is 0 Å². The van der Waals surface area contributed by atoms with Crippen LogP contribution in [0.15, 0.2) is 33.5 Å². The van der Waals surface area contributed by atoms with E-state index in [0.29, 0.717) is 0 Å². The largest absolute Gasteiger partial charge is 0.507 e. The van der Waals surface area contributed by atoms with Gasteiger partial charge in [0.2, 0.25) is 29.5 Å². The van der Waals surface area contributed by atoms with Gasteiger partial charge < -0.3 is 79.2 Å². The minimum absolute atomic E-state index is 0.0905. The highest BCUT2D eigenvalue weighted by Crippen LogP contribution is 2.47. The number of rotatable bonds is 8. The van der Waals surface area contributed by atoms with Crippen LogP contribution in [0.2, 0.25) is 0 Å². The van der Waals surface area contributed by atoms with Crippen molar-refractivity contribution in [1.82, 2.24) is 0 Å². The van der Waals surface area contributed by atoms with Crippen molar-refractivity contribution in [1.29, 1.82) is 0 Å². The van der Waals surface area contributed by atoms with Gasteiger partial charge >= 0.3 is 0 Å². The Morgan fingerprint density at radius 3 is 1.74 bits per heavy atom. The summed E-state index contributed by atoms with van der Waals surface area (Å²) >= 11 is 0. The number of aromatic hydroxyl groups is 2. The lowest BCUT2D eigenvalue weighted by atomic mass is 9.99. The van der Waals surface area contributed by atoms with Crippen LogP contribution in [-0.4, -0.2) is 133 Å². The van der Waals surface area contributed by atoms with Gasteiger partial charge in [-0.05, 0) is 31.2 Å². The fraction of sp³-hybridized carbons (Fsp3) is 0.483. The molecule has 10 atom stereocenters. The number of phenolic OH excluding ortho intramolecular Hbond substituents is 2. The van der Waals surface area contributed by atoms with Crippen molar-refractivity contribution in [3.8, 4) is 40.1 Å². The fourth-order valence-corrected chi connectivity index (χ4v) is 5.22. The molecule has 0 unspecified atom stereocenters. The summed E-state index contributed by atoms with van der Waals surface area (Å²) < 4.78 is 33.3. The van der Waals surface area contributed by atoms with E-state index < -0.39 is 108 Å². The maximum Gasteiger partial charge on any atom is 0.239 e. The quantitative estimate of drug-likeness (QED) is 0.121. The highest BCUT2D eigenvalue weighted by atomic mass is 16.7. The number of aliphatic hydroxyl groups excluding tert-OH is 8. The van der Waals surface area contributed by atoms with Crippen molar-refractivity contribution < 1.29 is 79.2 Å². The summed E-state index contributed by atoms with van der Waals surface area (Å²) in [6, 6.07) is 5.54. The van der Waals surface area contributed by atoms with Crippen molar-refractivity contribution in [2.75, 3.05) is 20.3 Å². The van der Waals surface area contributed by atoms with Gasteiger partial charge in [0.05, 0.1) is 20.3 Å². The van der Waals surface area contributed by atoms with E-state index in [0.717, 1.165) is 0 Å². The predicted octanol–water partition coefficient (Wildman–Crippen LogP) is -2.45. The SMILES string of the molecule is COc1c(-c2ccc(O[C@@H]3O[C@H](CO)[C@@H](O)[C@H](O)[C@H]3O)cc2)oc2c(O[C@@H]3O[C@H](CO)[C@@H](O)[C@H](O)[C@H]3O)c(O)c(C)c(O)c2c1=O. The number of fused-ring (bicyclic) bond motifs is 1. The molecule has 0 radical (unpaired) electrons. The Morgan fingerprint density at radius 2 is 1.24 bits per heavy atom. The molecular formula is C29H34O17. The van der Waals surface area contributed by atoms with Crippen molar-refractivity contribution in [3.05, 3.63) is 40.1 Å². The molecule has 3 aromatic rings. The van der Waals surface area contributed by atoms with Crippen LogP contribution < -0.4 is 19.6 Å². The minimum Gasteiger partial charge on any atom is -0.507 e. The number of hydrogen-bond acceptors (Lipinski definition) is 17. The summed E-state index contributed by atoms with van der Waals surface area (Å²) in [6.45, 7) is -0.159. The number of phenols is 2. The summed E-state index contributed by atoms with van der Waals surface area (Å²) in [6.07, 6.45) is -16.1. The topological polar surface area (TPSA) is 279 Å². The normalized spacial score (nSPS) is 31.5. The molecule has 2 aromatic carbocycles. The molecule has 1 aromatic heterocycles. The second-order valence-corrected chi connectivity index (χ2v) is 10.8. The predicted molar refractivity (Wildman–Crippen MR) is 151 cm³/mol. The van der Waals surface area contributed by atoms with Gasteiger partial charge in [0, 0.05) is 11.1 Å². The Balaban J connectivity index is 1.54. The maximum absolute atomic E-state index is 13.6. The van der Waals surface area contributed by atoms with Gasteiger partial charge in [-0.2, -0.15) is 0 Å². The van der Waals surface area contributed by atoms with Crippen LogP contribution in [0.5, 0.6) is 28.7 Å². The first kappa shape index (κ1) is 33.6. The molecule has 0 bridgehead atoms. The summed E-state index contributed by atoms with van der Waals surface area (Å²) in [5, 5.41) is 101. The minimum atomic E-state index is -1.89. The Kier molecular flexibility index (Phi) is 9.62. The van der Waals surface area contributed by atoms with E-state index in [1.54, 1.807) is 0 Å². The molecule has 2 aliphatic rings. The number of hydrogen-bond donors (Lipinski definition) is 10. The van der Waals surface area contributed by atoms with E-state index in [1.807, 2.05) is 0 Å². The van der Waals surface area contributed by atoms with Crippen LogP contribution in [0.4, 0.5) is 0 Å². The van der Waals surface area contributed by atoms with E-state index in [9.17, 15) is 55.9 Å². The molecular weight excluding hydrogens is 620 g/mol. The zero-order chi connectivity index (χ0) is 33.6. The lowest BCUT2D eigenvalue weighted by Crippen LogP contribution is -2.60. The second kappa shape index (κ2) is 13.2. The number of aliphatic hydroxyl groups is 8. The third-order valence-electron chi connectivity index (χ3n) is 7.94. The summed E-state index contributed by atoms with van der Waals surface area (Å²) in [7, 11) is 1.17. The first-order valence-corrected chi connectivity index (χ1v) is 14.0. The Bertz CT molecular complexity index is 1600. The second-order valence-electron chi connectivity index (χ2n) is 10.8. The molecule has 252 valence electrons. The zero-order valence-electron chi connectivity index (χ0n) is 24.3. The molecule has 0 spiro atoms. The molecule has 2 aliphatic heterocycles. The van der Waals surface area contributed by atoms with Gasteiger partial charge in [0.15, 0.2) is 17.1 Å². The van der Waals surface area contributed by atoms with Crippen molar-refractivity contribution in [2.45, 2.75) is 68.3 Å². The van der Waals surface area contributed by atoms with Crippen molar-refractivity contribution >= 4 is 11.0 Å². The average Bonchev–Trinajstić information content (AvgIpc) is 3.05. The molecule has 3 heterocycles. The lowest BCUT2D eigenvalue weighted by molar-refractivity contribution is -0.277. The number of methoxy groups -OCH3 is 1. The molecule has 0 aliphatic carbocycles. The molecule has 0 saturated carbocycles. The van der Waals surface area contributed by atoms with Crippen LogP contribution in [-0.2, 0) is 9.47 Å². The zero-order valence-corrected chi connectivity index (χ0v) is 24.3. The smallest absolute Gasteiger partial charge is 0.239 e. The third-order valence-corrected chi connectivity index (χ3v) is 7.94. The van der Waals surface area contributed by atoms with Gasteiger partial charge in [0.1, 0.15) is 65.7 Å².